The summed E-state index contributed by atoms with van der Waals surface area (Å²) < 4.78 is 36.7. The van der Waals surface area contributed by atoms with Gasteiger partial charge in [0, 0.05) is 18.3 Å². The molecule has 0 aliphatic carbocycles. The Morgan fingerprint density at radius 3 is 2.83 bits per heavy atom. The Balaban J connectivity index is 1.52. The quantitative estimate of drug-likeness (QED) is 0.641. The van der Waals surface area contributed by atoms with Crippen LogP contribution in [0.1, 0.15) is 25.3 Å². The van der Waals surface area contributed by atoms with E-state index in [-0.39, 0.29) is 16.8 Å². The van der Waals surface area contributed by atoms with Crippen LogP contribution in [0.25, 0.3) is 11.0 Å². The van der Waals surface area contributed by atoms with Crippen LogP contribution in [0, 0.1) is 0 Å². The lowest BCUT2D eigenvalue weighted by molar-refractivity contribution is -0.121. The van der Waals surface area contributed by atoms with Crippen LogP contribution in [0.5, 0.6) is 0 Å². The van der Waals surface area contributed by atoms with Crippen LogP contribution in [0.15, 0.2) is 47.4 Å². The SMILES string of the molecule is C[C@@H]1Cc2ccccc2N1C(=O)[C@H]1CCCN1S(=O)(=O)c1cccc2nsnc12. The number of aromatic nitrogens is 2. The van der Waals surface area contributed by atoms with Crippen molar-refractivity contribution < 1.29 is 13.2 Å². The smallest absolute Gasteiger partial charge is 0.246 e. The molecule has 0 spiro atoms. The van der Waals surface area contributed by atoms with E-state index >= 15 is 0 Å². The molecular formula is C20H20N4O3S2. The van der Waals surface area contributed by atoms with Crippen LogP contribution in [0.4, 0.5) is 5.69 Å². The minimum atomic E-state index is -3.86. The number of hydrogen-bond donors (Lipinski definition) is 0. The van der Waals surface area contributed by atoms with Gasteiger partial charge in [-0.15, -0.1) is 0 Å². The summed E-state index contributed by atoms with van der Waals surface area (Å²) >= 11 is 0.988. The van der Waals surface area contributed by atoms with Gasteiger partial charge in [-0.05, 0) is 49.9 Å². The Morgan fingerprint density at radius 1 is 1.14 bits per heavy atom. The summed E-state index contributed by atoms with van der Waals surface area (Å²) in [5.41, 5.74) is 2.94. The molecule has 5 rings (SSSR count). The fraction of sp³-hybridized carbons (Fsp3) is 0.350. The highest BCUT2D eigenvalue weighted by Crippen LogP contribution is 2.36. The minimum Gasteiger partial charge on any atom is -0.308 e. The van der Waals surface area contributed by atoms with Gasteiger partial charge in [0.2, 0.25) is 15.9 Å². The molecule has 1 saturated heterocycles. The van der Waals surface area contributed by atoms with E-state index in [9.17, 15) is 13.2 Å². The first kappa shape index (κ1) is 18.7. The molecule has 0 saturated carbocycles. The first-order valence-electron chi connectivity index (χ1n) is 9.62. The fourth-order valence-electron chi connectivity index (χ4n) is 4.45. The first-order valence-corrected chi connectivity index (χ1v) is 11.8. The summed E-state index contributed by atoms with van der Waals surface area (Å²) in [5, 5.41) is 0. The van der Waals surface area contributed by atoms with Crippen molar-refractivity contribution in [1.29, 1.82) is 0 Å². The zero-order chi connectivity index (χ0) is 20.2. The molecule has 2 aliphatic heterocycles. The number of rotatable bonds is 3. The molecule has 2 aliphatic rings. The van der Waals surface area contributed by atoms with Gasteiger partial charge in [-0.3, -0.25) is 4.79 Å². The van der Waals surface area contributed by atoms with Gasteiger partial charge in [0.15, 0.2) is 0 Å². The molecule has 2 aromatic carbocycles. The van der Waals surface area contributed by atoms with Gasteiger partial charge < -0.3 is 4.90 Å². The van der Waals surface area contributed by atoms with Crippen molar-refractivity contribution in [3.63, 3.8) is 0 Å². The molecule has 0 bridgehead atoms. The maximum Gasteiger partial charge on any atom is 0.246 e. The summed E-state index contributed by atoms with van der Waals surface area (Å²) in [4.78, 5) is 15.4. The second kappa shape index (κ2) is 6.86. The summed E-state index contributed by atoms with van der Waals surface area (Å²) in [6, 6.07) is 12.1. The Labute approximate surface area is 173 Å². The van der Waals surface area contributed by atoms with E-state index in [1.807, 2.05) is 31.2 Å². The van der Waals surface area contributed by atoms with E-state index < -0.39 is 16.1 Å². The Morgan fingerprint density at radius 2 is 1.97 bits per heavy atom. The van der Waals surface area contributed by atoms with E-state index in [4.69, 9.17) is 0 Å². The average Bonchev–Trinajstić information content (AvgIpc) is 3.44. The summed E-state index contributed by atoms with van der Waals surface area (Å²) in [6.07, 6.45) is 1.96. The topological polar surface area (TPSA) is 83.5 Å². The standard InChI is InChI=1S/C20H20N4O3S2/c1-13-12-14-6-2-3-8-16(14)24(13)20(25)17-9-5-11-23(17)29(26,27)18-10-4-7-15-19(18)22-28-21-15/h2-4,6-8,10,13,17H,5,9,11-12H2,1H3/t13-,17-/m1/s1. The van der Waals surface area contributed by atoms with Crippen molar-refractivity contribution in [3.8, 4) is 0 Å². The molecule has 150 valence electrons. The van der Waals surface area contributed by atoms with Crippen molar-refractivity contribution in [2.45, 2.75) is 43.2 Å². The number of fused-ring (bicyclic) bond motifs is 2. The highest BCUT2D eigenvalue weighted by atomic mass is 32.2. The molecule has 1 fully saturated rings. The van der Waals surface area contributed by atoms with Crippen LogP contribution in [-0.4, -0.2) is 46.0 Å². The summed E-state index contributed by atoms with van der Waals surface area (Å²) in [5.74, 6) is -0.146. The third kappa shape index (κ3) is 2.87. The number of amides is 1. The van der Waals surface area contributed by atoms with Crippen LogP contribution in [-0.2, 0) is 21.2 Å². The highest BCUT2D eigenvalue weighted by Gasteiger charge is 2.44. The van der Waals surface area contributed by atoms with Gasteiger partial charge in [-0.2, -0.15) is 13.1 Å². The largest absolute Gasteiger partial charge is 0.308 e. The molecular weight excluding hydrogens is 408 g/mol. The second-order valence-electron chi connectivity index (χ2n) is 7.55. The maximum atomic E-state index is 13.5. The van der Waals surface area contributed by atoms with Crippen molar-refractivity contribution >= 4 is 44.4 Å². The van der Waals surface area contributed by atoms with E-state index in [0.717, 1.165) is 29.4 Å². The van der Waals surface area contributed by atoms with Crippen LogP contribution in [0.3, 0.4) is 0 Å². The third-order valence-corrected chi connectivity index (χ3v) is 8.25. The summed E-state index contributed by atoms with van der Waals surface area (Å²) in [7, 11) is -3.86. The Bertz CT molecular complexity index is 1210. The van der Waals surface area contributed by atoms with E-state index in [1.165, 1.54) is 4.31 Å². The van der Waals surface area contributed by atoms with Crippen LogP contribution < -0.4 is 4.90 Å². The Kier molecular flexibility index (Phi) is 4.41. The Hall–Kier alpha value is -2.36. The van der Waals surface area contributed by atoms with E-state index in [2.05, 4.69) is 8.75 Å². The molecule has 2 atom stereocenters. The predicted octanol–water partition coefficient (Wildman–Crippen LogP) is 2.82. The molecule has 0 unspecified atom stereocenters. The van der Waals surface area contributed by atoms with E-state index in [1.54, 1.807) is 23.1 Å². The predicted molar refractivity (Wildman–Crippen MR) is 111 cm³/mol. The number of carbonyl (C=O) groups is 1. The third-order valence-electron chi connectivity index (χ3n) is 5.77. The number of nitrogens with zero attached hydrogens (tertiary/aromatic N) is 4. The molecule has 29 heavy (non-hydrogen) atoms. The van der Waals surface area contributed by atoms with Crippen LogP contribution >= 0.6 is 11.7 Å². The zero-order valence-corrected chi connectivity index (χ0v) is 17.5. The highest BCUT2D eigenvalue weighted by molar-refractivity contribution is 7.89. The van der Waals surface area contributed by atoms with Gasteiger partial charge in [-0.1, -0.05) is 24.3 Å². The second-order valence-corrected chi connectivity index (χ2v) is 9.94. The van der Waals surface area contributed by atoms with Gasteiger partial charge >= 0.3 is 0 Å². The number of sulfonamides is 1. The lowest BCUT2D eigenvalue weighted by Crippen LogP contribution is -2.49. The number of benzene rings is 2. The van der Waals surface area contributed by atoms with Crippen molar-refractivity contribution in [2.75, 3.05) is 11.4 Å². The van der Waals surface area contributed by atoms with Crippen molar-refractivity contribution in [2.24, 2.45) is 0 Å². The minimum absolute atomic E-state index is 0.0104. The molecule has 1 aromatic heterocycles. The monoisotopic (exact) mass is 428 g/mol. The molecule has 0 radical (unpaired) electrons. The lowest BCUT2D eigenvalue weighted by atomic mass is 10.1. The van der Waals surface area contributed by atoms with Gasteiger partial charge in [-0.25, -0.2) is 8.42 Å². The molecule has 7 nitrogen and oxygen atoms in total. The molecule has 3 aromatic rings. The molecule has 3 heterocycles. The average molecular weight is 429 g/mol. The number of hydrogen-bond acceptors (Lipinski definition) is 6. The number of para-hydroxylation sites is 1. The van der Waals surface area contributed by atoms with Crippen molar-refractivity contribution in [3.05, 3.63) is 48.0 Å². The number of anilines is 1. The summed E-state index contributed by atoms with van der Waals surface area (Å²) in [6.45, 7) is 2.34. The van der Waals surface area contributed by atoms with Gasteiger partial charge in [0.1, 0.15) is 22.0 Å². The van der Waals surface area contributed by atoms with E-state index in [0.29, 0.717) is 30.4 Å². The van der Waals surface area contributed by atoms with Gasteiger partial charge in [0.05, 0.1) is 11.7 Å². The molecule has 1 amide bonds. The normalized spacial score (nSPS) is 22.3. The molecule has 0 N–H and O–H groups in total. The number of carbonyl (C=O) groups excluding carboxylic acids is 1. The first-order chi connectivity index (χ1) is 14.0. The van der Waals surface area contributed by atoms with Gasteiger partial charge in [0.25, 0.3) is 0 Å². The molecule has 9 heteroatoms. The van der Waals surface area contributed by atoms with Crippen molar-refractivity contribution in [1.82, 2.24) is 13.1 Å². The zero-order valence-electron chi connectivity index (χ0n) is 15.9. The van der Waals surface area contributed by atoms with Crippen LogP contribution in [0.2, 0.25) is 0 Å². The maximum absolute atomic E-state index is 13.5. The fourth-order valence-corrected chi connectivity index (χ4v) is 6.86. The lowest BCUT2D eigenvalue weighted by Gasteiger charge is -2.30.